The first-order chi connectivity index (χ1) is 11.4. The summed E-state index contributed by atoms with van der Waals surface area (Å²) in [6.07, 6.45) is 0. The molecule has 2 aromatic carbocycles. The van der Waals surface area contributed by atoms with Crippen LogP contribution in [-0.2, 0) is 10.0 Å². The molecule has 1 aliphatic rings. The van der Waals surface area contributed by atoms with Crippen LogP contribution in [0, 0.1) is 6.92 Å². The Hall–Kier alpha value is -1.27. The topological polar surface area (TPSA) is 40.6 Å². The number of benzene rings is 2. The minimum atomic E-state index is -3.46. The van der Waals surface area contributed by atoms with Crippen molar-refractivity contribution in [2.45, 2.75) is 11.8 Å². The Labute approximate surface area is 152 Å². The molecule has 1 heterocycles. The van der Waals surface area contributed by atoms with E-state index >= 15 is 0 Å². The quantitative estimate of drug-likeness (QED) is 0.807. The van der Waals surface area contributed by atoms with Crippen molar-refractivity contribution < 1.29 is 8.42 Å². The molecule has 2 aromatic rings. The lowest BCUT2D eigenvalue weighted by molar-refractivity contribution is 0.385. The molecule has 0 N–H and O–H groups in total. The van der Waals surface area contributed by atoms with Crippen LogP contribution in [0.3, 0.4) is 0 Å². The van der Waals surface area contributed by atoms with Crippen molar-refractivity contribution in [3.8, 4) is 0 Å². The summed E-state index contributed by atoms with van der Waals surface area (Å²) in [4.78, 5) is 2.36. The second kappa shape index (κ2) is 6.92. The van der Waals surface area contributed by atoms with Crippen molar-refractivity contribution in [2.24, 2.45) is 0 Å². The molecule has 1 saturated heterocycles. The number of aryl methyl sites for hydroxylation is 1. The highest BCUT2D eigenvalue weighted by Crippen LogP contribution is 2.34. The van der Waals surface area contributed by atoms with Gasteiger partial charge in [-0.3, -0.25) is 0 Å². The Morgan fingerprint density at radius 2 is 1.42 bits per heavy atom. The van der Waals surface area contributed by atoms with Gasteiger partial charge in [0, 0.05) is 26.2 Å². The number of anilines is 1. The highest BCUT2D eigenvalue weighted by molar-refractivity contribution is 7.89. The number of sulfonamides is 1. The second-order valence-electron chi connectivity index (χ2n) is 5.77. The molecule has 0 unspecified atom stereocenters. The summed E-state index contributed by atoms with van der Waals surface area (Å²) in [6.45, 7) is 3.83. The maximum atomic E-state index is 12.7. The molecule has 1 fully saturated rings. The Morgan fingerprint density at radius 1 is 0.875 bits per heavy atom. The third-order valence-corrected chi connectivity index (χ3v) is 6.67. The molecule has 24 heavy (non-hydrogen) atoms. The van der Waals surface area contributed by atoms with Crippen molar-refractivity contribution in [2.75, 3.05) is 31.1 Å². The van der Waals surface area contributed by atoms with E-state index in [1.807, 2.05) is 24.0 Å². The lowest BCUT2D eigenvalue weighted by Crippen LogP contribution is -2.48. The van der Waals surface area contributed by atoms with Crippen LogP contribution in [0.2, 0.25) is 10.0 Å². The van der Waals surface area contributed by atoms with E-state index in [1.54, 1.807) is 30.3 Å². The van der Waals surface area contributed by atoms with Gasteiger partial charge in [-0.05, 0) is 31.2 Å². The number of rotatable bonds is 3. The summed E-state index contributed by atoms with van der Waals surface area (Å²) < 4.78 is 27.0. The van der Waals surface area contributed by atoms with Gasteiger partial charge < -0.3 is 4.90 Å². The van der Waals surface area contributed by atoms with E-state index in [0.29, 0.717) is 41.1 Å². The molecule has 0 bridgehead atoms. The zero-order valence-corrected chi connectivity index (χ0v) is 15.6. The Morgan fingerprint density at radius 3 is 1.96 bits per heavy atom. The van der Waals surface area contributed by atoms with Crippen molar-refractivity contribution in [1.29, 1.82) is 0 Å². The average Bonchev–Trinajstić information content (AvgIpc) is 2.55. The SMILES string of the molecule is Cc1ccc(S(=O)(=O)N2CCN(c3c(Cl)cccc3Cl)CC2)cc1. The monoisotopic (exact) mass is 384 g/mol. The largest absolute Gasteiger partial charge is 0.366 e. The predicted octanol–water partition coefficient (Wildman–Crippen LogP) is 3.81. The minimum absolute atomic E-state index is 0.331. The van der Waals surface area contributed by atoms with Gasteiger partial charge in [-0.15, -0.1) is 0 Å². The molecule has 4 nitrogen and oxygen atoms in total. The summed E-state index contributed by atoms with van der Waals surface area (Å²) in [5.74, 6) is 0. The van der Waals surface area contributed by atoms with Crippen LogP contribution in [0.5, 0.6) is 0 Å². The van der Waals surface area contributed by atoms with Gasteiger partial charge in [0.2, 0.25) is 10.0 Å². The Bertz CT molecular complexity index is 810. The van der Waals surface area contributed by atoms with E-state index in [4.69, 9.17) is 23.2 Å². The number of piperazine rings is 1. The van der Waals surface area contributed by atoms with Crippen molar-refractivity contribution >= 4 is 38.9 Å². The summed E-state index contributed by atoms with van der Waals surface area (Å²) in [6, 6.07) is 12.3. The van der Waals surface area contributed by atoms with E-state index in [0.717, 1.165) is 11.3 Å². The molecule has 0 aliphatic carbocycles. The van der Waals surface area contributed by atoms with Gasteiger partial charge >= 0.3 is 0 Å². The lowest BCUT2D eigenvalue weighted by atomic mass is 10.2. The van der Waals surface area contributed by atoms with Gasteiger partial charge in [-0.25, -0.2) is 8.42 Å². The zero-order valence-electron chi connectivity index (χ0n) is 13.2. The second-order valence-corrected chi connectivity index (χ2v) is 8.53. The third-order valence-electron chi connectivity index (χ3n) is 4.15. The van der Waals surface area contributed by atoms with Crippen LogP contribution in [0.25, 0.3) is 0 Å². The van der Waals surface area contributed by atoms with Crippen LogP contribution in [-0.4, -0.2) is 38.9 Å². The highest BCUT2D eigenvalue weighted by atomic mass is 35.5. The first-order valence-electron chi connectivity index (χ1n) is 7.65. The van der Waals surface area contributed by atoms with E-state index in [-0.39, 0.29) is 0 Å². The van der Waals surface area contributed by atoms with E-state index < -0.39 is 10.0 Å². The molecule has 1 aliphatic heterocycles. The molecule has 0 amide bonds. The minimum Gasteiger partial charge on any atom is -0.366 e. The Kier molecular flexibility index (Phi) is 5.06. The van der Waals surface area contributed by atoms with Crippen LogP contribution >= 0.6 is 23.2 Å². The predicted molar refractivity (Wildman–Crippen MR) is 98.6 cm³/mol. The highest BCUT2D eigenvalue weighted by Gasteiger charge is 2.29. The fourth-order valence-electron chi connectivity index (χ4n) is 2.80. The summed E-state index contributed by atoms with van der Waals surface area (Å²) in [7, 11) is -3.46. The van der Waals surface area contributed by atoms with Gasteiger partial charge in [0.1, 0.15) is 0 Å². The first kappa shape index (κ1) is 17.5. The number of nitrogens with zero attached hydrogens (tertiary/aromatic N) is 2. The molecule has 0 radical (unpaired) electrons. The van der Waals surface area contributed by atoms with Gasteiger partial charge in [-0.1, -0.05) is 47.0 Å². The van der Waals surface area contributed by atoms with Gasteiger partial charge in [0.05, 0.1) is 20.6 Å². The number of hydrogen-bond acceptors (Lipinski definition) is 3. The van der Waals surface area contributed by atoms with E-state index in [1.165, 1.54) is 4.31 Å². The van der Waals surface area contributed by atoms with Crippen LogP contribution in [0.1, 0.15) is 5.56 Å². The maximum Gasteiger partial charge on any atom is 0.243 e. The van der Waals surface area contributed by atoms with Crippen molar-refractivity contribution in [1.82, 2.24) is 4.31 Å². The van der Waals surface area contributed by atoms with Crippen LogP contribution in [0.15, 0.2) is 47.4 Å². The Balaban J connectivity index is 1.76. The molecule has 7 heteroatoms. The van der Waals surface area contributed by atoms with E-state index in [2.05, 4.69) is 0 Å². The molecule has 3 rings (SSSR count). The fourth-order valence-corrected chi connectivity index (χ4v) is 4.86. The van der Waals surface area contributed by atoms with Crippen LogP contribution < -0.4 is 4.90 Å². The molecular formula is C17H18Cl2N2O2S. The number of hydrogen-bond donors (Lipinski definition) is 0. The lowest BCUT2D eigenvalue weighted by Gasteiger charge is -2.36. The third kappa shape index (κ3) is 3.40. The van der Waals surface area contributed by atoms with Gasteiger partial charge in [0.15, 0.2) is 0 Å². The molecular weight excluding hydrogens is 367 g/mol. The van der Waals surface area contributed by atoms with Crippen molar-refractivity contribution in [3.05, 3.63) is 58.1 Å². The van der Waals surface area contributed by atoms with Crippen molar-refractivity contribution in [3.63, 3.8) is 0 Å². The molecule has 128 valence electrons. The summed E-state index contributed by atoms with van der Waals surface area (Å²) >= 11 is 12.5. The molecule has 0 atom stereocenters. The van der Waals surface area contributed by atoms with Gasteiger partial charge in [-0.2, -0.15) is 4.31 Å². The zero-order chi connectivity index (χ0) is 17.3. The van der Waals surface area contributed by atoms with E-state index in [9.17, 15) is 8.42 Å². The maximum absolute atomic E-state index is 12.7. The average molecular weight is 385 g/mol. The fraction of sp³-hybridized carbons (Fsp3) is 0.294. The standard InChI is InChI=1S/C17H18Cl2N2O2S/c1-13-5-7-14(8-6-13)24(22,23)21-11-9-20(10-12-21)17-15(18)3-2-4-16(17)19/h2-8H,9-12H2,1H3. The molecule has 0 spiro atoms. The smallest absolute Gasteiger partial charge is 0.243 e. The summed E-state index contributed by atoms with van der Waals surface area (Å²) in [5.41, 5.74) is 1.81. The first-order valence-corrected chi connectivity index (χ1v) is 9.85. The molecule has 0 saturated carbocycles. The number of halogens is 2. The van der Waals surface area contributed by atoms with Gasteiger partial charge in [0.25, 0.3) is 0 Å². The molecule has 0 aromatic heterocycles. The normalized spacial score (nSPS) is 16.4. The van der Waals surface area contributed by atoms with Crippen LogP contribution in [0.4, 0.5) is 5.69 Å². The number of para-hydroxylation sites is 1. The summed E-state index contributed by atoms with van der Waals surface area (Å²) in [5, 5.41) is 1.16.